The van der Waals surface area contributed by atoms with Crippen LogP contribution in [-0.4, -0.2) is 6.61 Å². The SMILES string of the molecule is CCOc1cccc(Nc2ccc(N)c(CC#N)c2)c1. The molecule has 0 aliphatic carbocycles. The first-order valence-electron chi connectivity index (χ1n) is 6.48. The molecule has 0 spiro atoms. The molecule has 4 heteroatoms. The highest BCUT2D eigenvalue weighted by Crippen LogP contribution is 2.24. The molecular weight excluding hydrogens is 250 g/mol. The van der Waals surface area contributed by atoms with Crippen molar-refractivity contribution in [3.8, 4) is 11.8 Å². The maximum atomic E-state index is 8.78. The molecule has 0 aromatic heterocycles. The number of anilines is 3. The minimum atomic E-state index is 0.306. The zero-order valence-corrected chi connectivity index (χ0v) is 11.4. The van der Waals surface area contributed by atoms with Crippen LogP contribution in [0.5, 0.6) is 5.75 Å². The Morgan fingerprint density at radius 1 is 1.20 bits per heavy atom. The number of benzene rings is 2. The van der Waals surface area contributed by atoms with Gasteiger partial charge in [-0.25, -0.2) is 0 Å². The number of nitriles is 1. The Morgan fingerprint density at radius 2 is 2.00 bits per heavy atom. The minimum absolute atomic E-state index is 0.306. The molecule has 0 amide bonds. The molecule has 4 nitrogen and oxygen atoms in total. The molecule has 20 heavy (non-hydrogen) atoms. The molecule has 0 saturated carbocycles. The second-order valence-corrected chi connectivity index (χ2v) is 4.33. The van der Waals surface area contributed by atoms with Crippen LogP contribution in [0.1, 0.15) is 12.5 Å². The van der Waals surface area contributed by atoms with E-state index in [-0.39, 0.29) is 0 Å². The average molecular weight is 267 g/mol. The monoisotopic (exact) mass is 267 g/mol. The third-order valence-corrected chi connectivity index (χ3v) is 2.85. The summed E-state index contributed by atoms with van der Waals surface area (Å²) in [6, 6.07) is 15.5. The fourth-order valence-corrected chi connectivity index (χ4v) is 1.92. The van der Waals surface area contributed by atoms with Crippen molar-refractivity contribution in [2.75, 3.05) is 17.7 Å². The van der Waals surface area contributed by atoms with Gasteiger partial charge >= 0.3 is 0 Å². The van der Waals surface area contributed by atoms with E-state index < -0.39 is 0 Å². The van der Waals surface area contributed by atoms with Gasteiger partial charge in [0.25, 0.3) is 0 Å². The molecule has 0 heterocycles. The van der Waals surface area contributed by atoms with Crippen LogP contribution in [0.15, 0.2) is 42.5 Å². The van der Waals surface area contributed by atoms with E-state index in [0.717, 1.165) is 22.7 Å². The van der Waals surface area contributed by atoms with E-state index in [1.165, 1.54) is 0 Å². The summed E-state index contributed by atoms with van der Waals surface area (Å²) in [5.41, 5.74) is 9.14. The van der Waals surface area contributed by atoms with Crippen molar-refractivity contribution in [3.05, 3.63) is 48.0 Å². The first kappa shape index (κ1) is 13.8. The Labute approximate surface area is 118 Å². The quantitative estimate of drug-likeness (QED) is 0.814. The Hall–Kier alpha value is -2.67. The van der Waals surface area contributed by atoms with Gasteiger partial charge in [0.1, 0.15) is 5.75 Å². The van der Waals surface area contributed by atoms with E-state index >= 15 is 0 Å². The number of hydrogen-bond donors (Lipinski definition) is 2. The number of nitrogens with one attached hydrogen (secondary N) is 1. The number of nitrogens with zero attached hydrogens (tertiary/aromatic N) is 1. The van der Waals surface area contributed by atoms with E-state index in [2.05, 4.69) is 11.4 Å². The summed E-state index contributed by atoms with van der Waals surface area (Å²) in [7, 11) is 0. The molecule has 0 atom stereocenters. The van der Waals surface area contributed by atoms with E-state index in [0.29, 0.717) is 18.7 Å². The van der Waals surface area contributed by atoms with Crippen LogP contribution in [0.4, 0.5) is 17.1 Å². The van der Waals surface area contributed by atoms with Crippen LogP contribution < -0.4 is 15.8 Å². The Morgan fingerprint density at radius 3 is 2.75 bits per heavy atom. The fourth-order valence-electron chi connectivity index (χ4n) is 1.92. The lowest BCUT2D eigenvalue weighted by molar-refractivity contribution is 0.340. The first-order valence-corrected chi connectivity index (χ1v) is 6.48. The molecule has 0 bridgehead atoms. The summed E-state index contributed by atoms with van der Waals surface area (Å²) in [5, 5.41) is 12.1. The number of nitrogen functional groups attached to an aromatic ring is 1. The van der Waals surface area contributed by atoms with Crippen molar-refractivity contribution in [1.82, 2.24) is 0 Å². The van der Waals surface area contributed by atoms with Crippen LogP contribution in [0.3, 0.4) is 0 Å². The smallest absolute Gasteiger partial charge is 0.121 e. The Bertz CT molecular complexity index is 632. The normalized spacial score (nSPS) is 9.80. The Kier molecular flexibility index (Phi) is 4.46. The highest BCUT2D eigenvalue weighted by atomic mass is 16.5. The van der Waals surface area contributed by atoms with Gasteiger partial charge in [-0.05, 0) is 42.8 Å². The van der Waals surface area contributed by atoms with Gasteiger partial charge in [0, 0.05) is 23.1 Å². The number of hydrogen-bond acceptors (Lipinski definition) is 4. The van der Waals surface area contributed by atoms with Gasteiger partial charge in [0.2, 0.25) is 0 Å². The van der Waals surface area contributed by atoms with Gasteiger partial charge in [-0.1, -0.05) is 6.07 Å². The van der Waals surface area contributed by atoms with Crippen LogP contribution >= 0.6 is 0 Å². The van der Waals surface area contributed by atoms with Crippen molar-refractivity contribution < 1.29 is 4.74 Å². The zero-order valence-electron chi connectivity index (χ0n) is 11.4. The predicted molar refractivity (Wildman–Crippen MR) is 81.1 cm³/mol. The summed E-state index contributed by atoms with van der Waals surface area (Å²) in [4.78, 5) is 0. The third-order valence-electron chi connectivity index (χ3n) is 2.85. The third kappa shape index (κ3) is 3.42. The highest BCUT2D eigenvalue weighted by Gasteiger charge is 2.02. The molecule has 102 valence electrons. The standard InChI is InChI=1S/C16H17N3O/c1-2-20-15-5-3-4-13(11-15)19-14-6-7-16(18)12(10-14)8-9-17/h3-7,10-11,19H,2,8,18H2,1H3. The molecule has 2 rings (SSSR count). The number of nitrogens with two attached hydrogens (primary N) is 1. The van der Waals surface area contributed by atoms with Gasteiger partial charge in [0.05, 0.1) is 19.1 Å². The van der Waals surface area contributed by atoms with Crippen LogP contribution in [0, 0.1) is 11.3 Å². The zero-order chi connectivity index (χ0) is 14.4. The summed E-state index contributed by atoms with van der Waals surface area (Å²) in [6.45, 7) is 2.59. The van der Waals surface area contributed by atoms with Crippen LogP contribution in [0.25, 0.3) is 0 Å². The number of ether oxygens (including phenoxy) is 1. The summed E-state index contributed by atoms with van der Waals surface area (Å²) >= 11 is 0. The van der Waals surface area contributed by atoms with Gasteiger partial charge in [0.15, 0.2) is 0 Å². The first-order chi connectivity index (χ1) is 9.72. The van der Waals surface area contributed by atoms with E-state index in [9.17, 15) is 0 Å². The molecule has 2 aromatic rings. The molecule has 0 unspecified atom stereocenters. The molecule has 0 fully saturated rings. The molecule has 0 radical (unpaired) electrons. The van der Waals surface area contributed by atoms with Gasteiger partial charge in [-0.15, -0.1) is 0 Å². The molecule has 3 N–H and O–H groups in total. The minimum Gasteiger partial charge on any atom is -0.494 e. The van der Waals surface area contributed by atoms with Crippen LogP contribution in [0.2, 0.25) is 0 Å². The lowest BCUT2D eigenvalue weighted by Gasteiger charge is -2.11. The van der Waals surface area contributed by atoms with Crippen molar-refractivity contribution in [2.45, 2.75) is 13.3 Å². The molecular formula is C16H17N3O. The van der Waals surface area contributed by atoms with Crippen molar-refractivity contribution in [1.29, 1.82) is 5.26 Å². The molecule has 0 aliphatic rings. The van der Waals surface area contributed by atoms with Gasteiger partial charge < -0.3 is 15.8 Å². The summed E-state index contributed by atoms with van der Waals surface area (Å²) in [5.74, 6) is 0.824. The topological polar surface area (TPSA) is 71.1 Å². The van der Waals surface area contributed by atoms with Gasteiger partial charge in [-0.3, -0.25) is 0 Å². The second-order valence-electron chi connectivity index (χ2n) is 4.33. The van der Waals surface area contributed by atoms with Gasteiger partial charge in [-0.2, -0.15) is 5.26 Å². The van der Waals surface area contributed by atoms with E-state index in [1.54, 1.807) is 6.07 Å². The van der Waals surface area contributed by atoms with Crippen molar-refractivity contribution in [3.63, 3.8) is 0 Å². The van der Waals surface area contributed by atoms with E-state index in [1.807, 2.05) is 43.3 Å². The van der Waals surface area contributed by atoms with Crippen molar-refractivity contribution >= 4 is 17.1 Å². The molecule has 2 aromatic carbocycles. The average Bonchev–Trinajstić information content (AvgIpc) is 2.44. The van der Waals surface area contributed by atoms with Crippen molar-refractivity contribution in [2.24, 2.45) is 0 Å². The summed E-state index contributed by atoms with van der Waals surface area (Å²) in [6.07, 6.45) is 0.306. The van der Waals surface area contributed by atoms with E-state index in [4.69, 9.17) is 15.7 Å². The predicted octanol–water partition coefficient (Wildman–Crippen LogP) is 3.48. The molecule has 0 saturated heterocycles. The lowest BCUT2D eigenvalue weighted by atomic mass is 10.1. The van der Waals surface area contributed by atoms with Crippen LogP contribution in [-0.2, 0) is 6.42 Å². The maximum absolute atomic E-state index is 8.78. The fraction of sp³-hybridized carbons (Fsp3) is 0.188. The maximum Gasteiger partial charge on any atom is 0.121 e. The lowest BCUT2D eigenvalue weighted by Crippen LogP contribution is -1.97. The highest BCUT2D eigenvalue weighted by molar-refractivity contribution is 5.65. The number of rotatable bonds is 5. The second kappa shape index (κ2) is 6.48. The summed E-state index contributed by atoms with van der Waals surface area (Å²) < 4.78 is 5.46. The Balaban J connectivity index is 2.19. The largest absolute Gasteiger partial charge is 0.494 e. The molecule has 0 aliphatic heterocycles.